The van der Waals surface area contributed by atoms with Gasteiger partial charge < -0.3 is 10.6 Å². The third-order valence-electron chi connectivity index (χ3n) is 4.11. The zero-order valence-electron chi connectivity index (χ0n) is 12.2. The number of piperazine rings is 1. The molecule has 1 aromatic carbocycles. The molecule has 5 heteroatoms. The first-order valence-electron chi connectivity index (χ1n) is 7.49. The van der Waals surface area contributed by atoms with Gasteiger partial charge in [0.05, 0.1) is 0 Å². The second kappa shape index (κ2) is 7.02. The van der Waals surface area contributed by atoms with Gasteiger partial charge in [0, 0.05) is 50.3 Å². The maximum atomic E-state index is 6.02. The zero-order valence-corrected chi connectivity index (χ0v) is 13.0. The molecule has 0 bridgehead atoms. The average molecular weight is 302 g/mol. The molecule has 1 fully saturated rings. The number of aromatic nitrogens is 1. The first-order valence-corrected chi connectivity index (χ1v) is 8.37. The fourth-order valence-corrected chi connectivity index (χ4v) is 3.59. The van der Waals surface area contributed by atoms with E-state index in [2.05, 4.69) is 45.1 Å². The first kappa shape index (κ1) is 14.5. The fourth-order valence-electron chi connectivity index (χ4n) is 2.90. The van der Waals surface area contributed by atoms with Crippen molar-refractivity contribution in [2.45, 2.75) is 12.5 Å². The van der Waals surface area contributed by atoms with Crippen molar-refractivity contribution in [3.63, 3.8) is 0 Å². The summed E-state index contributed by atoms with van der Waals surface area (Å²) >= 11 is 1.72. The lowest BCUT2D eigenvalue weighted by molar-refractivity contribution is 0.187. The van der Waals surface area contributed by atoms with Crippen LogP contribution in [0, 0.1) is 0 Å². The van der Waals surface area contributed by atoms with Crippen molar-refractivity contribution in [3.05, 3.63) is 47.5 Å². The van der Waals surface area contributed by atoms with Crippen LogP contribution < -0.4 is 10.6 Å². The van der Waals surface area contributed by atoms with Gasteiger partial charge in [0.25, 0.3) is 0 Å². The number of nitrogens with two attached hydrogens (primary N) is 1. The van der Waals surface area contributed by atoms with E-state index >= 15 is 0 Å². The van der Waals surface area contributed by atoms with E-state index in [0.717, 1.165) is 37.7 Å². The van der Waals surface area contributed by atoms with Crippen molar-refractivity contribution < 1.29 is 0 Å². The zero-order chi connectivity index (χ0) is 14.5. The third-order valence-corrected chi connectivity index (χ3v) is 4.94. The molecule has 112 valence electrons. The molecule has 0 aliphatic carbocycles. The van der Waals surface area contributed by atoms with Crippen molar-refractivity contribution in [1.29, 1.82) is 0 Å². The normalized spacial score (nSPS) is 17.9. The summed E-state index contributed by atoms with van der Waals surface area (Å²) in [5.74, 6) is 0. The molecule has 2 aromatic rings. The number of rotatable bonds is 5. The Morgan fingerprint density at radius 1 is 1.14 bits per heavy atom. The van der Waals surface area contributed by atoms with Crippen molar-refractivity contribution >= 4 is 16.5 Å². The van der Waals surface area contributed by atoms with Gasteiger partial charge in [-0.1, -0.05) is 30.3 Å². The maximum absolute atomic E-state index is 6.02. The van der Waals surface area contributed by atoms with Crippen LogP contribution in [0.3, 0.4) is 0 Å². The SMILES string of the molecule is NCC(Cc1ccccc1)N1CCN(c2nccs2)CC1. The van der Waals surface area contributed by atoms with E-state index in [9.17, 15) is 0 Å². The standard InChI is InChI=1S/C16H22N4S/c17-13-15(12-14-4-2-1-3-5-14)19-7-9-20(10-8-19)16-18-6-11-21-16/h1-6,11,15H,7-10,12-13,17H2. The second-order valence-corrected chi connectivity index (χ2v) is 6.29. The Balaban J connectivity index is 1.57. The maximum Gasteiger partial charge on any atom is 0.185 e. The molecular formula is C16H22N4S. The Hall–Kier alpha value is -1.43. The molecular weight excluding hydrogens is 280 g/mol. The van der Waals surface area contributed by atoms with Gasteiger partial charge in [0.2, 0.25) is 0 Å². The summed E-state index contributed by atoms with van der Waals surface area (Å²) in [5, 5.41) is 3.18. The smallest absolute Gasteiger partial charge is 0.185 e. The molecule has 4 nitrogen and oxygen atoms in total. The topological polar surface area (TPSA) is 45.4 Å². The Labute approximate surface area is 130 Å². The van der Waals surface area contributed by atoms with Crippen LogP contribution >= 0.6 is 11.3 Å². The highest BCUT2D eigenvalue weighted by atomic mass is 32.1. The van der Waals surface area contributed by atoms with Crippen molar-refractivity contribution in [1.82, 2.24) is 9.88 Å². The molecule has 3 rings (SSSR count). The van der Waals surface area contributed by atoms with E-state index in [4.69, 9.17) is 5.73 Å². The van der Waals surface area contributed by atoms with Crippen LogP contribution in [-0.2, 0) is 6.42 Å². The van der Waals surface area contributed by atoms with Crippen LogP contribution in [0.5, 0.6) is 0 Å². The lowest BCUT2D eigenvalue weighted by Crippen LogP contribution is -2.53. The summed E-state index contributed by atoms with van der Waals surface area (Å²) in [6.07, 6.45) is 2.92. The van der Waals surface area contributed by atoms with Crippen molar-refractivity contribution in [2.75, 3.05) is 37.6 Å². The lowest BCUT2D eigenvalue weighted by Gasteiger charge is -2.39. The van der Waals surface area contributed by atoms with Crippen LogP contribution in [0.25, 0.3) is 0 Å². The van der Waals surface area contributed by atoms with Gasteiger partial charge in [-0.2, -0.15) is 0 Å². The highest BCUT2D eigenvalue weighted by Gasteiger charge is 2.24. The monoisotopic (exact) mass is 302 g/mol. The predicted octanol–water partition coefficient (Wildman–Crippen LogP) is 1.84. The molecule has 2 N–H and O–H groups in total. The van der Waals surface area contributed by atoms with Crippen LogP contribution in [0.4, 0.5) is 5.13 Å². The largest absolute Gasteiger partial charge is 0.346 e. The number of nitrogens with zero attached hydrogens (tertiary/aromatic N) is 3. The molecule has 0 saturated carbocycles. The summed E-state index contributed by atoms with van der Waals surface area (Å²) in [7, 11) is 0. The van der Waals surface area contributed by atoms with Crippen molar-refractivity contribution in [2.24, 2.45) is 5.73 Å². The van der Waals surface area contributed by atoms with Crippen molar-refractivity contribution in [3.8, 4) is 0 Å². The Morgan fingerprint density at radius 2 is 1.90 bits per heavy atom. The summed E-state index contributed by atoms with van der Waals surface area (Å²) in [6.45, 7) is 4.92. The third kappa shape index (κ3) is 3.61. The molecule has 0 amide bonds. The van der Waals surface area contributed by atoms with Gasteiger partial charge in [-0.3, -0.25) is 4.90 Å². The molecule has 1 aliphatic heterocycles. The number of benzene rings is 1. The van der Waals surface area contributed by atoms with Crippen LogP contribution in [0.15, 0.2) is 41.9 Å². The van der Waals surface area contributed by atoms with Gasteiger partial charge in [-0.15, -0.1) is 11.3 Å². The molecule has 1 aromatic heterocycles. The summed E-state index contributed by atoms with van der Waals surface area (Å²) in [6, 6.07) is 11.1. The summed E-state index contributed by atoms with van der Waals surface area (Å²) in [5.41, 5.74) is 7.39. The first-order chi connectivity index (χ1) is 10.4. The number of thiazole rings is 1. The van der Waals surface area contributed by atoms with Crippen LogP contribution in [0.2, 0.25) is 0 Å². The Morgan fingerprint density at radius 3 is 2.52 bits per heavy atom. The molecule has 1 atom stereocenters. The van der Waals surface area contributed by atoms with Gasteiger partial charge in [0.15, 0.2) is 5.13 Å². The minimum Gasteiger partial charge on any atom is -0.346 e. The Kier molecular flexibility index (Phi) is 4.85. The molecule has 1 aliphatic rings. The highest BCUT2D eigenvalue weighted by Crippen LogP contribution is 2.20. The quantitative estimate of drug-likeness (QED) is 0.915. The summed E-state index contributed by atoms with van der Waals surface area (Å²) < 4.78 is 0. The van der Waals surface area contributed by atoms with E-state index < -0.39 is 0 Å². The molecule has 0 radical (unpaired) electrons. The minimum atomic E-state index is 0.436. The molecule has 1 unspecified atom stereocenters. The number of anilines is 1. The van der Waals surface area contributed by atoms with E-state index in [1.807, 2.05) is 11.6 Å². The highest BCUT2D eigenvalue weighted by molar-refractivity contribution is 7.13. The molecule has 0 spiro atoms. The lowest BCUT2D eigenvalue weighted by atomic mass is 10.0. The second-order valence-electron chi connectivity index (χ2n) is 5.42. The molecule has 21 heavy (non-hydrogen) atoms. The van der Waals surface area contributed by atoms with Crippen LogP contribution in [0.1, 0.15) is 5.56 Å². The summed E-state index contributed by atoms with van der Waals surface area (Å²) in [4.78, 5) is 9.30. The Bertz CT molecular complexity index is 520. The average Bonchev–Trinajstić information content (AvgIpc) is 3.08. The van der Waals surface area contributed by atoms with Gasteiger partial charge in [0.1, 0.15) is 0 Å². The predicted molar refractivity (Wildman–Crippen MR) is 88.9 cm³/mol. The number of hydrogen-bond donors (Lipinski definition) is 1. The fraction of sp³-hybridized carbons (Fsp3) is 0.438. The van der Waals surface area contributed by atoms with Gasteiger partial charge in [-0.05, 0) is 12.0 Å². The van der Waals surface area contributed by atoms with E-state index in [-0.39, 0.29) is 0 Å². The molecule has 1 saturated heterocycles. The van der Waals surface area contributed by atoms with Crippen LogP contribution in [-0.4, -0.2) is 48.6 Å². The number of hydrogen-bond acceptors (Lipinski definition) is 5. The minimum absolute atomic E-state index is 0.436. The van der Waals surface area contributed by atoms with Gasteiger partial charge >= 0.3 is 0 Å². The molecule has 2 heterocycles. The van der Waals surface area contributed by atoms with E-state index in [0.29, 0.717) is 12.6 Å². The van der Waals surface area contributed by atoms with Gasteiger partial charge in [-0.25, -0.2) is 4.98 Å². The van der Waals surface area contributed by atoms with E-state index in [1.165, 1.54) is 5.56 Å². The van der Waals surface area contributed by atoms with E-state index in [1.54, 1.807) is 11.3 Å².